The molecule has 1 saturated heterocycles. The first-order valence-electron chi connectivity index (χ1n) is 10.4. The minimum atomic E-state index is 0.188. The molecule has 3 aromatic rings. The van der Waals surface area contributed by atoms with Crippen LogP contribution in [0.15, 0.2) is 66.7 Å². The van der Waals surface area contributed by atoms with E-state index in [1.165, 1.54) is 0 Å². The first-order valence-corrected chi connectivity index (χ1v) is 10.4. The molecule has 7 nitrogen and oxygen atoms in total. The number of benzene rings is 2. The molecule has 0 aliphatic carbocycles. The first-order chi connectivity index (χ1) is 15.2. The highest BCUT2D eigenvalue weighted by Gasteiger charge is 2.22. The van der Waals surface area contributed by atoms with Crippen LogP contribution in [0.3, 0.4) is 0 Å². The highest BCUT2D eigenvalue weighted by molar-refractivity contribution is 5.76. The second kappa shape index (κ2) is 9.93. The van der Waals surface area contributed by atoms with Crippen molar-refractivity contribution in [2.24, 2.45) is 0 Å². The summed E-state index contributed by atoms with van der Waals surface area (Å²) in [6.07, 6.45) is 1.25. The van der Waals surface area contributed by atoms with Crippen molar-refractivity contribution < 1.29 is 14.3 Å². The van der Waals surface area contributed by atoms with E-state index in [9.17, 15) is 4.79 Å². The van der Waals surface area contributed by atoms with Gasteiger partial charge in [0.25, 0.3) is 0 Å². The molecular weight excluding hydrogens is 392 g/mol. The number of hydrogen-bond donors (Lipinski definition) is 0. The second-order valence-electron chi connectivity index (χ2n) is 7.36. The Morgan fingerprint density at radius 2 is 1.61 bits per heavy atom. The third-order valence-corrected chi connectivity index (χ3v) is 5.33. The van der Waals surface area contributed by atoms with Gasteiger partial charge in [-0.1, -0.05) is 30.3 Å². The van der Waals surface area contributed by atoms with Gasteiger partial charge in [-0.05, 0) is 42.3 Å². The lowest BCUT2D eigenvalue weighted by Crippen LogP contribution is -2.49. The number of piperazine rings is 1. The molecule has 0 unspecified atom stereocenters. The van der Waals surface area contributed by atoms with Gasteiger partial charge in [0.2, 0.25) is 11.8 Å². The van der Waals surface area contributed by atoms with E-state index in [1.807, 2.05) is 71.6 Å². The predicted molar refractivity (Wildman–Crippen MR) is 119 cm³/mol. The average Bonchev–Trinajstić information content (AvgIpc) is 2.84. The maximum Gasteiger partial charge on any atom is 0.238 e. The van der Waals surface area contributed by atoms with E-state index in [2.05, 4.69) is 15.1 Å². The number of rotatable bonds is 7. The zero-order valence-electron chi connectivity index (χ0n) is 17.6. The van der Waals surface area contributed by atoms with Gasteiger partial charge in [0, 0.05) is 38.7 Å². The fraction of sp³-hybridized carbons (Fsp3) is 0.292. The number of nitrogens with zero attached hydrogens (tertiary/aromatic N) is 4. The number of aryl methyl sites for hydroxylation is 1. The fourth-order valence-corrected chi connectivity index (χ4v) is 3.53. The van der Waals surface area contributed by atoms with E-state index in [4.69, 9.17) is 9.47 Å². The molecule has 2 aromatic carbocycles. The molecule has 2 heterocycles. The van der Waals surface area contributed by atoms with Crippen LogP contribution in [0.25, 0.3) is 0 Å². The molecule has 160 valence electrons. The van der Waals surface area contributed by atoms with Crippen molar-refractivity contribution in [3.05, 3.63) is 72.3 Å². The quantitative estimate of drug-likeness (QED) is 0.585. The molecule has 1 amide bonds. The molecule has 1 fully saturated rings. The van der Waals surface area contributed by atoms with Crippen LogP contribution >= 0.6 is 0 Å². The van der Waals surface area contributed by atoms with Crippen LogP contribution in [-0.2, 0) is 11.2 Å². The Morgan fingerprint density at radius 1 is 0.871 bits per heavy atom. The molecule has 1 aromatic heterocycles. The SMILES string of the molecule is COc1ccc(CCC(=O)N2CCN(c3ccc(Oc4ccccc4)nn3)CC2)cc1. The van der Waals surface area contributed by atoms with Crippen LogP contribution in [-0.4, -0.2) is 54.3 Å². The molecule has 1 aliphatic rings. The Bertz CT molecular complexity index is 970. The molecule has 0 spiro atoms. The topological polar surface area (TPSA) is 67.8 Å². The molecule has 0 N–H and O–H groups in total. The highest BCUT2D eigenvalue weighted by atomic mass is 16.5. The summed E-state index contributed by atoms with van der Waals surface area (Å²) in [6.45, 7) is 2.85. The Morgan fingerprint density at radius 3 is 2.26 bits per heavy atom. The van der Waals surface area contributed by atoms with Crippen molar-refractivity contribution in [3.8, 4) is 17.4 Å². The van der Waals surface area contributed by atoms with Crippen LogP contribution in [0.1, 0.15) is 12.0 Å². The van der Waals surface area contributed by atoms with Crippen LogP contribution < -0.4 is 14.4 Å². The van der Waals surface area contributed by atoms with Crippen molar-refractivity contribution in [2.75, 3.05) is 38.2 Å². The molecule has 0 radical (unpaired) electrons. The molecule has 0 bridgehead atoms. The molecule has 31 heavy (non-hydrogen) atoms. The highest BCUT2D eigenvalue weighted by Crippen LogP contribution is 2.21. The summed E-state index contributed by atoms with van der Waals surface area (Å²) in [4.78, 5) is 16.7. The molecular formula is C24H26N4O3. The molecule has 0 saturated carbocycles. The minimum Gasteiger partial charge on any atom is -0.497 e. The molecule has 0 atom stereocenters. The zero-order valence-corrected chi connectivity index (χ0v) is 17.6. The zero-order chi connectivity index (χ0) is 21.5. The number of amides is 1. The van der Waals surface area contributed by atoms with Crippen LogP contribution in [0.4, 0.5) is 5.82 Å². The van der Waals surface area contributed by atoms with Gasteiger partial charge < -0.3 is 19.3 Å². The van der Waals surface area contributed by atoms with Gasteiger partial charge >= 0.3 is 0 Å². The smallest absolute Gasteiger partial charge is 0.238 e. The number of aromatic nitrogens is 2. The van der Waals surface area contributed by atoms with Gasteiger partial charge in [0.15, 0.2) is 5.82 Å². The maximum absolute atomic E-state index is 12.6. The molecule has 7 heteroatoms. The third-order valence-electron chi connectivity index (χ3n) is 5.33. The monoisotopic (exact) mass is 418 g/mol. The average molecular weight is 418 g/mol. The van der Waals surface area contributed by atoms with Crippen molar-refractivity contribution in [1.29, 1.82) is 0 Å². The van der Waals surface area contributed by atoms with E-state index < -0.39 is 0 Å². The van der Waals surface area contributed by atoms with Crippen molar-refractivity contribution in [3.63, 3.8) is 0 Å². The van der Waals surface area contributed by atoms with Crippen molar-refractivity contribution >= 4 is 11.7 Å². The number of carbonyl (C=O) groups excluding carboxylic acids is 1. The number of carbonyl (C=O) groups is 1. The summed E-state index contributed by atoms with van der Waals surface area (Å²) in [5, 5.41) is 8.47. The van der Waals surface area contributed by atoms with Gasteiger partial charge in [0.1, 0.15) is 11.5 Å². The van der Waals surface area contributed by atoms with Crippen LogP contribution in [0.2, 0.25) is 0 Å². The van der Waals surface area contributed by atoms with Crippen LogP contribution in [0.5, 0.6) is 17.4 Å². The number of hydrogen-bond acceptors (Lipinski definition) is 6. The van der Waals surface area contributed by atoms with Gasteiger partial charge in [0.05, 0.1) is 7.11 Å². The molecule has 4 rings (SSSR count). The standard InChI is InChI=1S/C24H26N4O3/c1-30-20-10-7-19(8-11-20)9-14-24(29)28-17-15-27(16-18-28)22-12-13-23(26-25-22)31-21-5-3-2-4-6-21/h2-8,10-13H,9,14-18H2,1H3. The van der Waals surface area contributed by atoms with Gasteiger partial charge in [-0.25, -0.2) is 0 Å². The van der Waals surface area contributed by atoms with Crippen molar-refractivity contribution in [1.82, 2.24) is 15.1 Å². The minimum absolute atomic E-state index is 0.188. The lowest BCUT2D eigenvalue weighted by atomic mass is 10.1. The molecule has 1 aliphatic heterocycles. The van der Waals surface area contributed by atoms with E-state index in [-0.39, 0.29) is 5.91 Å². The fourth-order valence-electron chi connectivity index (χ4n) is 3.53. The van der Waals surface area contributed by atoms with E-state index in [0.717, 1.165) is 42.4 Å². The Balaban J connectivity index is 1.24. The summed E-state index contributed by atoms with van der Waals surface area (Å²) in [5.41, 5.74) is 1.14. The second-order valence-corrected chi connectivity index (χ2v) is 7.36. The Kier molecular flexibility index (Phi) is 6.62. The maximum atomic E-state index is 12.6. The van der Waals surface area contributed by atoms with Gasteiger partial charge in [-0.3, -0.25) is 4.79 Å². The number of ether oxygens (including phenoxy) is 2. The predicted octanol–water partition coefficient (Wildman–Crippen LogP) is 3.56. The van der Waals surface area contributed by atoms with Gasteiger partial charge in [-0.15, -0.1) is 10.2 Å². The summed E-state index contributed by atoms with van der Waals surface area (Å²) in [7, 11) is 1.65. The summed E-state index contributed by atoms with van der Waals surface area (Å²) in [6, 6.07) is 21.1. The lowest BCUT2D eigenvalue weighted by Gasteiger charge is -2.35. The van der Waals surface area contributed by atoms with Crippen LogP contribution in [0, 0.1) is 0 Å². The largest absolute Gasteiger partial charge is 0.497 e. The Hall–Kier alpha value is -3.61. The summed E-state index contributed by atoms with van der Waals surface area (Å²) < 4.78 is 10.9. The summed E-state index contributed by atoms with van der Waals surface area (Å²) >= 11 is 0. The van der Waals surface area contributed by atoms with Gasteiger partial charge in [-0.2, -0.15) is 0 Å². The number of methoxy groups -OCH3 is 1. The van der Waals surface area contributed by atoms with E-state index in [1.54, 1.807) is 7.11 Å². The van der Waals surface area contributed by atoms with E-state index >= 15 is 0 Å². The summed E-state index contributed by atoms with van der Waals surface area (Å²) in [5.74, 6) is 3.00. The first kappa shape index (κ1) is 20.7. The van der Waals surface area contributed by atoms with E-state index in [0.29, 0.717) is 25.4 Å². The Labute approximate surface area is 182 Å². The lowest BCUT2D eigenvalue weighted by molar-refractivity contribution is -0.131. The normalized spacial score (nSPS) is 13.7. The number of para-hydroxylation sites is 1. The van der Waals surface area contributed by atoms with Crippen molar-refractivity contribution in [2.45, 2.75) is 12.8 Å². The third kappa shape index (κ3) is 5.51. The number of anilines is 1.